The first kappa shape index (κ1) is 10.4. The molecule has 2 N–H and O–H groups in total. The molecule has 8 heteroatoms. The Morgan fingerprint density at radius 2 is 2.22 bits per heavy atom. The number of benzene rings is 1. The molecule has 122 valence electrons. The fourth-order valence-electron chi connectivity index (χ4n) is 1.71. The summed E-state index contributed by atoms with van der Waals surface area (Å²) in [7, 11) is 0. The first-order valence-electron chi connectivity index (χ1n) is 9.24. The molecule has 0 fully saturated rings. The van der Waals surface area contributed by atoms with Crippen LogP contribution in [0.25, 0.3) is 0 Å². The van der Waals surface area contributed by atoms with Crippen molar-refractivity contribution in [1.29, 1.82) is 0 Å². The number of anilines is 1. The summed E-state index contributed by atoms with van der Waals surface area (Å²) in [4.78, 5) is 23.1. The van der Waals surface area contributed by atoms with Crippen molar-refractivity contribution in [3.8, 4) is 11.6 Å². The Morgan fingerprint density at radius 3 is 2.83 bits per heavy atom. The van der Waals surface area contributed by atoms with Crippen molar-refractivity contribution in [2.45, 2.75) is 26.5 Å². The van der Waals surface area contributed by atoms with Gasteiger partial charge in [-0.1, -0.05) is 25.3 Å². The molecule has 0 atom stereocenters. The summed E-state index contributed by atoms with van der Waals surface area (Å²) in [5.74, 6) is -4.57. The van der Waals surface area contributed by atoms with Crippen LogP contribution in [-0.2, 0) is 4.79 Å². The van der Waals surface area contributed by atoms with E-state index in [0.717, 1.165) is 12.1 Å². The average molecular weight is 346 g/mol. The third-order valence-electron chi connectivity index (χ3n) is 2.65. The van der Waals surface area contributed by atoms with E-state index in [-0.39, 0.29) is 10.7 Å². The van der Waals surface area contributed by atoms with Crippen LogP contribution in [-0.4, -0.2) is 16.1 Å². The third-order valence-corrected chi connectivity index (χ3v) is 2.93. The Hall–Kier alpha value is -2.41. The first-order valence-corrected chi connectivity index (χ1v) is 6.62. The number of carbonyl (C=O) groups excluding carboxylic acids is 1. The van der Waals surface area contributed by atoms with Crippen molar-refractivity contribution in [1.82, 2.24) is 10.2 Å². The second-order valence-electron chi connectivity index (χ2n) is 4.48. The fourth-order valence-corrected chi connectivity index (χ4v) is 1.95. The number of aromatic amines is 1. The molecular formula is C15H15ClFN3O3. The van der Waals surface area contributed by atoms with Crippen molar-refractivity contribution < 1.29 is 22.1 Å². The summed E-state index contributed by atoms with van der Waals surface area (Å²) in [5.41, 5.74) is -1.60. The number of carbonyl (C=O) groups is 1. The van der Waals surface area contributed by atoms with E-state index in [1.807, 2.05) is 5.10 Å². The van der Waals surface area contributed by atoms with Gasteiger partial charge < -0.3 is 10.1 Å². The van der Waals surface area contributed by atoms with Crippen molar-refractivity contribution in [3.63, 3.8) is 0 Å². The average Bonchev–Trinajstić information content (AvgIpc) is 2.50. The standard InChI is InChI=1S/C15H15ClFN3O3/c1-7(2)10-6-13(19-20-15(10)22)23-14-11(16)4-9(5-12(14)17)18-8(3)21/h4-7H,1-3H3,(H,18,21)(H,20,22)/i1D3,2D3. The van der Waals surface area contributed by atoms with Crippen LogP contribution in [0.1, 0.15) is 40.3 Å². The minimum atomic E-state index is -3.03. The van der Waals surface area contributed by atoms with Crippen molar-refractivity contribution in [2.75, 3.05) is 5.32 Å². The quantitative estimate of drug-likeness (QED) is 0.889. The lowest BCUT2D eigenvalue weighted by atomic mass is 10.1. The molecule has 0 bridgehead atoms. The molecule has 0 aliphatic carbocycles. The summed E-state index contributed by atoms with van der Waals surface area (Å²) in [6, 6.07) is 2.92. The molecule has 0 saturated heterocycles. The normalized spacial score (nSPS) is 15.7. The Kier molecular flexibility index (Phi) is 3.06. The highest BCUT2D eigenvalue weighted by Gasteiger charge is 2.15. The van der Waals surface area contributed by atoms with Gasteiger partial charge in [-0.2, -0.15) is 0 Å². The number of rotatable bonds is 4. The summed E-state index contributed by atoms with van der Waals surface area (Å²) >= 11 is 5.95. The van der Waals surface area contributed by atoms with Crippen LogP contribution in [0.15, 0.2) is 23.0 Å². The zero-order chi connectivity index (χ0) is 22.1. The molecule has 23 heavy (non-hydrogen) atoms. The summed E-state index contributed by atoms with van der Waals surface area (Å²) < 4.78 is 64.3. The van der Waals surface area contributed by atoms with Gasteiger partial charge in [-0.05, 0) is 12.0 Å². The predicted molar refractivity (Wildman–Crippen MR) is 84.7 cm³/mol. The van der Waals surface area contributed by atoms with Crippen LogP contribution in [0.3, 0.4) is 0 Å². The van der Waals surface area contributed by atoms with Crippen molar-refractivity contribution in [3.05, 3.63) is 45.0 Å². The second-order valence-corrected chi connectivity index (χ2v) is 4.88. The smallest absolute Gasteiger partial charge is 0.267 e. The van der Waals surface area contributed by atoms with Crippen LogP contribution in [0.2, 0.25) is 5.02 Å². The maximum absolute atomic E-state index is 14.3. The van der Waals surface area contributed by atoms with E-state index in [9.17, 15) is 14.0 Å². The molecule has 0 saturated carbocycles. The second kappa shape index (κ2) is 6.78. The van der Waals surface area contributed by atoms with E-state index < -0.39 is 54.1 Å². The molecule has 6 nitrogen and oxygen atoms in total. The van der Waals surface area contributed by atoms with Gasteiger partial charge in [0.25, 0.3) is 5.56 Å². The number of halogens is 2. The molecule has 1 aromatic carbocycles. The molecule has 0 radical (unpaired) electrons. The topological polar surface area (TPSA) is 84.1 Å². The molecule has 2 aromatic rings. The zero-order valence-corrected chi connectivity index (χ0v) is 12.5. The van der Waals surface area contributed by atoms with E-state index in [0.29, 0.717) is 0 Å². The Balaban J connectivity index is 2.48. The molecular weight excluding hydrogens is 325 g/mol. The van der Waals surface area contributed by atoms with Crippen LogP contribution >= 0.6 is 11.6 Å². The Morgan fingerprint density at radius 1 is 1.48 bits per heavy atom. The first-order chi connectivity index (χ1) is 13.2. The molecule has 0 spiro atoms. The number of amides is 1. The molecule has 2 rings (SSSR count). The fraction of sp³-hybridized carbons (Fsp3) is 0.267. The highest BCUT2D eigenvalue weighted by atomic mass is 35.5. The van der Waals surface area contributed by atoms with Crippen molar-refractivity contribution >= 4 is 23.2 Å². The molecule has 1 amide bonds. The van der Waals surface area contributed by atoms with E-state index >= 15 is 0 Å². The van der Waals surface area contributed by atoms with Crippen LogP contribution in [0, 0.1) is 5.82 Å². The molecule has 1 aromatic heterocycles. The predicted octanol–water partition coefficient (Wildman–Crippen LogP) is 3.44. The largest absolute Gasteiger partial charge is 0.433 e. The van der Waals surface area contributed by atoms with E-state index in [4.69, 9.17) is 24.6 Å². The number of H-pyrrole nitrogens is 1. The Labute approximate surface area is 145 Å². The zero-order valence-electron chi connectivity index (χ0n) is 17.7. The number of nitrogens with one attached hydrogen (secondary N) is 2. The number of hydrogen-bond donors (Lipinski definition) is 2. The van der Waals surface area contributed by atoms with Gasteiger partial charge in [-0.3, -0.25) is 9.59 Å². The van der Waals surface area contributed by atoms with Gasteiger partial charge in [0.05, 0.1) is 5.02 Å². The third kappa shape index (κ3) is 4.07. The minimum absolute atomic E-state index is 0.0623. The van der Waals surface area contributed by atoms with Gasteiger partial charge in [0.15, 0.2) is 11.6 Å². The van der Waals surface area contributed by atoms with Crippen molar-refractivity contribution in [2.24, 2.45) is 0 Å². The van der Waals surface area contributed by atoms with Gasteiger partial charge in [-0.15, -0.1) is 5.10 Å². The highest BCUT2D eigenvalue weighted by Crippen LogP contribution is 2.34. The van der Waals surface area contributed by atoms with Crippen LogP contribution < -0.4 is 15.6 Å². The summed E-state index contributed by atoms with van der Waals surface area (Å²) in [5, 5.41) is 7.53. The molecule has 0 unspecified atom stereocenters. The maximum Gasteiger partial charge on any atom is 0.267 e. The van der Waals surface area contributed by atoms with Gasteiger partial charge in [-0.25, -0.2) is 9.49 Å². The van der Waals surface area contributed by atoms with Crippen LogP contribution in [0.5, 0.6) is 11.6 Å². The van der Waals surface area contributed by atoms with Gasteiger partial charge in [0, 0.05) is 38.5 Å². The lowest BCUT2D eigenvalue weighted by Gasteiger charge is -2.11. The van der Waals surface area contributed by atoms with Gasteiger partial charge >= 0.3 is 0 Å². The SMILES string of the molecule is [2H]C([2H])([2H])C(c1cc(Oc2c(F)cc(NC(C)=O)cc2Cl)n[nH]c1=O)C([2H])([2H])[2H]. The number of aromatic nitrogens is 2. The summed E-state index contributed by atoms with van der Waals surface area (Å²) in [6.45, 7) is -4.84. The molecule has 0 aliphatic heterocycles. The van der Waals surface area contributed by atoms with Gasteiger partial charge in [0.1, 0.15) is 0 Å². The minimum Gasteiger partial charge on any atom is -0.433 e. The van der Waals surface area contributed by atoms with Gasteiger partial charge in [0.2, 0.25) is 11.8 Å². The lowest BCUT2D eigenvalue weighted by Crippen LogP contribution is -2.15. The molecule has 1 heterocycles. The monoisotopic (exact) mass is 345 g/mol. The van der Waals surface area contributed by atoms with E-state index in [1.165, 1.54) is 13.0 Å². The Bertz CT molecular complexity index is 955. The highest BCUT2D eigenvalue weighted by molar-refractivity contribution is 6.32. The lowest BCUT2D eigenvalue weighted by molar-refractivity contribution is -0.114. The summed E-state index contributed by atoms with van der Waals surface area (Å²) in [6.07, 6.45) is 0. The van der Waals surface area contributed by atoms with Crippen LogP contribution in [0.4, 0.5) is 10.1 Å². The van der Waals surface area contributed by atoms with E-state index in [1.54, 1.807) is 0 Å². The number of nitrogens with zero attached hydrogens (tertiary/aromatic N) is 1. The number of ether oxygens (including phenoxy) is 1. The molecule has 0 aliphatic rings. The maximum atomic E-state index is 14.3. The van der Waals surface area contributed by atoms with E-state index in [2.05, 4.69) is 10.4 Å². The number of hydrogen-bond acceptors (Lipinski definition) is 4.